The average Bonchev–Trinajstić information content (AvgIpc) is 2.36. The van der Waals surface area contributed by atoms with Gasteiger partial charge in [0, 0.05) is 32.3 Å². The third-order valence-corrected chi connectivity index (χ3v) is 3.73. The molecule has 3 heteroatoms. The normalized spacial score (nSPS) is 15.3. The van der Waals surface area contributed by atoms with E-state index in [0.717, 1.165) is 32.2 Å². The van der Waals surface area contributed by atoms with Crippen LogP contribution in [0.4, 0.5) is 0 Å². The minimum Gasteiger partial charge on any atom is -0.383 e. The molecule has 0 rings (SSSR count). The fourth-order valence-corrected chi connectivity index (χ4v) is 2.08. The SMILES string of the molecule is CCCNC(CN(CCOC)C(C)C)C(C)CC. The first kappa shape index (κ1) is 17.9. The van der Waals surface area contributed by atoms with Crippen LogP contribution in [0.1, 0.15) is 47.5 Å². The molecule has 0 bridgehead atoms. The number of nitrogens with zero attached hydrogens (tertiary/aromatic N) is 1. The molecule has 0 aromatic heterocycles. The van der Waals surface area contributed by atoms with Crippen LogP contribution in [0.2, 0.25) is 0 Å². The van der Waals surface area contributed by atoms with Crippen LogP contribution >= 0.6 is 0 Å². The van der Waals surface area contributed by atoms with Crippen molar-refractivity contribution in [2.75, 3.05) is 33.4 Å². The average molecular weight is 258 g/mol. The fourth-order valence-electron chi connectivity index (χ4n) is 2.08. The minimum absolute atomic E-state index is 0.579. The van der Waals surface area contributed by atoms with Gasteiger partial charge in [-0.1, -0.05) is 27.2 Å². The van der Waals surface area contributed by atoms with Gasteiger partial charge in [0.25, 0.3) is 0 Å². The highest BCUT2D eigenvalue weighted by Gasteiger charge is 2.20. The standard InChI is InChI=1S/C15H34N2O/c1-7-9-16-15(14(5)8-2)12-17(13(3)4)10-11-18-6/h13-16H,7-12H2,1-6H3. The zero-order valence-electron chi connectivity index (χ0n) is 13.3. The van der Waals surface area contributed by atoms with Gasteiger partial charge in [0.1, 0.15) is 0 Å². The summed E-state index contributed by atoms with van der Waals surface area (Å²) in [5.41, 5.74) is 0. The van der Waals surface area contributed by atoms with Crippen molar-refractivity contribution < 1.29 is 4.74 Å². The van der Waals surface area contributed by atoms with Crippen LogP contribution in [0.3, 0.4) is 0 Å². The summed E-state index contributed by atoms with van der Waals surface area (Å²) >= 11 is 0. The molecule has 0 aromatic rings. The largest absolute Gasteiger partial charge is 0.383 e. The van der Waals surface area contributed by atoms with E-state index in [1.54, 1.807) is 7.11 Å². The molecule has 0 saturated heterocycles. The molecule has 0 aromatic carbocycles. The number of hydrogen-bond acceptors (Lipinski definition) is 3. The van der Waals surface area contributed by atoms with Gasteiger partial charge >= 0.3 is 0 Å². The van der Waals surface area contributed by atoms with Crippen LogP contribution in [0.25, 0.3) is 0 Å². The smallest absolute Gasteiger partial charge is 0.0589 e. The van der Waals surface area contributed by atoms with Crippen molar-refractivity contribution in [3.05, 3.63) is 0 Å². The Labute approximate surface area is 114 Å². The van der Waals surface area contributed by atoms with Gasteiger partial charge in [0.05, 0.1) is 6.61 Å². The first-order valence-corrected chi connectivity index (χ1v) is 7.53. The highest BCUT2D eigenvalue weighted by atomic mass is 16.5. The van der Waals surface area contributed by atoms with Crippen LogP contribution in [0, 0.1) is 5.92 Å². The number of nitrogens with one attached hydrogen (secondary N) is 1. The quantitative estimate of drug-likeness (QED) is 0.617. The number of methoxy groups -OCH3 is 1. The van der Waals surface area contributed by atoms with E-state index in [-0.39, 0.29) is 0 Å². The van der Waals surface area contributed by atoms with Crippen LogP contribution in [0.15, 0.2) is 0 Å². The van der Waals surface area contributed by atoms with Crippen LogP contribution in [-0.2, 0) is 4.74 Å². The first-order chi connectivity index (χ1) is 8.56. The van der Waals surface area contributed by atoms with E-state index in [1.807, 2.05) is 0 Å². The summed E-state index contributed by atoms with van der Waals surface area (Å²) in [6, 6.07) is 1.17. The molecule has 3 nitrogen and oxygen atoms in total. The van der Waals surface area contributed by atoms with Crippen LogP contribution in [-0.4, -0.2) is 50.3 Å². The molecule has 0 amide bonds. The summed E-state index contributed by atoms with van der Waals surface area (Å²) in [5, 5.41) is 3.70. The molecule has 18 heavy (non-hydrogen) atoms. The van der Waals surface area contributed by atoms with Gasteiger partial charge in [-0.15, -0.1) is 0 Å². The molecule has 0 fully saturated rings. The van der Waals surface area contributed by atoms with E-state index in [2.05, 4.69) is 44.8 Å². The molecule has 0 saturated carbocycles. The maximum atomic E-state index is 5.21. The van der Waals surface area contributed by atoms with Gasteiger partial charge in [-0.3, -0.25) is 4.90 Å². The summed E-state index contributed by atoms with van der Waals surface area (Å²) in [4.78, 5) is 2.52. The van der Waals surface area contributed by atoms with Crippen molar-refractivity contribution in [3.8, 4) is 0 Å². The van der Waals surface area contributed by atoms with Gasteiger partial charge in [-0.05, 0) is 32.7 Å². The molecule has 0 aliphatic heterocycles. The molecule has 0 radical (unpaired) electrons. The van der Waals surface area contributed by atoms with E-state index >= 15 is 0 Å². The molecule has 110 valence electrons. The lowest BCUT2D eigenvalue weighted by atomic mass is 9.98. The van der Waals surface area contributed by atoms with Crippen molar-refractivity contribution in [2.45, 2.75) is 59.5 Å². The van der Waals surface area contributed by atoms with Crippen molar-refractivity contribution in [1.29, 1.82) is 0 Å². The molecule has 0 aliphatic carbocycles. The lowest BCUT2D eigenvalue weighted by Gasteiger charge is -2.33. The summed E-state index contributed by atoms with van der Waals surface area (Å²) in [6.45, 7) is 15.5. The number of hydrogen-bond donors (Lipinski definition) is 1. The van der Waals surface area contributed by atoms with Crippen LogP contribution < -0.4 is 5.32 Å². The van der Waals surface area contributed by atoms with E-state index < -0.39 is 0 Å². The minimum atomic E-state index is 0.579. The lowest BCUT2D eigenvalue weighted by Crippen LogP contribution is -2.48. The molecular formula is C15H34N2O. The van der Waals surface area contributed by atoms with Crippen molar-refractivity contribution in [1.82, 2.24) is 10.2 Å². The highest BCUT2D eigenvalue weighted by Crippen LogP contribution is 2.11. The lowest BCUT2D eigenvalue weighted by molar-refractivity contribution is 0.113. The zero-order chi connectivity index (χ0) is 14.0. The van der Waals surface area contributed by atoms with Crippen molar-refractivity contribution in [3.63, 3.8) is 0 Å². The maximum absolute atomic E-state index is 5.21. The van der Waals surface area contributed by atoms with Crippen LogP contribution in [0.5, 0.6) is 0 Å². The molecule has 2 unspecified atom stereocenters. The van der Waals surface area contributed by atoms with E-state index in [1.165, 1.54) is 12.8 Å². The van der Waals surface area contributed by atoms with Gasteiger partial charge in [-0.25, -0.2) is 0 Å². The first-order valence-electron chi connectivity index (χ1n) is 7.53. The molecule has 0 heterocycles. The second-order valence-corrected chi connectivity index (χ2v) is 5.53. The molecule has 1 N–H and O–H groups in total. The van der Waals surface area contributed by atoms with Crippen molar-refractivity contribution >= 4 is 0 Å². The molecule has 0 spiro atoms. The third kappa shape index (κ3) is 7.34. The summed E-state index contributed by atoms with van der Waals surface area (Å²) in [5.74, 6) is 0.723. The Bertz CT molecular complexity index is 185. The van der Waals surface area contributed by atoms with Gasteiger partial charge in [-0.2, -0.15) is 0 Å². The van der Waals surface area contributed by atoms with Crippen molar-refractivity contribution in [2.24, 2.45) is 5.92 Å². The van der Waals surface area contributed by atoms with Gasteiger partial charge in [0.15, 0.2) is 0 Å². The zero-order valence-corrected chi connectivity index (χ0v) is 13.3. The predicted octanol–water partition coefficient (Wildman–Crippen LogP) is 2.76. The topological polar surface area (TPSA) is 24.5 Å². The Morgan fingerprint density at radius 1 is 1.17 bits per heavy atom. The maximum Gasteiger partial charge on any atom is 0.0589 e. The molecule has 2 atom stereocenters. The van der Waals surface area contributed by atoms with E-state index in [9.17, 15) is 0 Å². The fraction of sp³-hybridized carbons (Fsp3) is 1.00. The Kier molecular flexibility index (Phi) is 10.7. The monoisotopic (exact) mass is 258 g/mol. The summed E-state index contributed by atoms with van der Waals surface area (Å²) in [7, 11) is 1.78. The highest BCUT2D eigenvalue weighted by molar-refractivity contribution is 4.78. The molecule has 0 aliphatic rings. The van der Waals surface area contributed by atoms with E-state index in [4.69, 9.17) is 4.74 Å². The van der Waals surface area contributed by atoms with Gasteiger partial charge in [0.2, 0.25) is 0 Å². The third-order valence-electron chi connectivity index (χ3n) is 3.73. The summed E-state index contributed by atoms with van der Waals surface area (Å²) in [6.07, 6.45) is 2.43. The summed E-state index contributed by atoms with van der Waals surface area (Å²) < 4.78 is 5.21. The Morgan fingerprint density at radius 3 is 2.28 bits per heavy atom. The number of ether oxygens (including phenoxy) is 1. The Hall–Kier alpha value is -0.120. The van der Waals surface area contributed by atoms with Gasteiger partial charge < -0.3 is 10.1 Å². The second-order valence-electron chi connectivity index (χ2n) is 5.53. The number of rotatable bonds is 11. The Balaban J connectivity index is 4.37. The predicted molar refractivity (Wildman–Crippen MR) is 80.1 cm³/mol. The molecular weight excluding hydrogens is 224 g/mol. The Morgan fingerprint density at radius 2 is 1.83 bits per heavy atom. The second kappa shape index (κ2) is 10.8. The van der Waals surface area contributed by atoms with E-state index in [0.29, 0.717) is 12.1 Å².